The molecular formula is C12H32N4O6P2S2. The quantitative estimate of drug-likeness (QED) is 0.171. The van der Waals surface area contributed by atoms with Crippen molar-refractivity contribution in [3.8, 4) is 0 Å². The molecule has 0 aromatic rings. The molecule has 158 valence electrons. The first-order valence-electron chi connectivity index (χ1n) is 7.73. The van der Waals surface area contributed by atoms with Crippen molar-refractivity contribution < 1.29 is 28.0 Å². The van der Waals surface area contributed by atoms with Gasteiger partial charge in [-0.3, -0.25) is 19.9 Å². The lowest BCUT2D eigenvalue weighted by molar-refractivity contribution is 0.264. The lowest BCUT2D eigenvalue weighted by atomic mass is 10.9. The van der Waals surface area contributed by atoms with Gasteiger partial charge in [-0.25, -0.2) is 0 Å². The zero-order chi connectivity index (χ0) is 21.2. The minimum Gasteiger partial charge on any atom is -0.379 e. The summed E-state index contributed by atoms with van der Waals surface area (Å²) in [6.45, 7) is 7.27. The van der Waals surface area contributed by atoms with Crippen LogP contribution < -0.4 is 11.5 Å². The molecule has 0 rings (SSSR count). The predicted molar refractivity (Wildman–Crippen MR) is 113 cm³/mol. The maximum Gasteiger partial charge on any atom is 0.328 e. The molecule has 0 aliphatic carbocycles. The molecule has 14 heteroatoms. The van der Waals surface area contributed by atoms with Gasteiger partial charge in [0.05, 0.1) is 25.5 Å². The zero-order valence-electron chi connectivity index (χ0n) is 15.6. The van der Waals surface area contributed by atoms with Gasteiger partial charge in [-0.05, 0) is 25.4 Å². The van der Waals surface area contributed by atoms with Gasteiger partial charge in [0, 0.05) is 0 Å². The van der Waals surface area contributed by atoms with Gasteiger partial charge in [-0.2, -0.15) is 0 Å². The molecular weight excluding hydrogens is 422 g/mol. The Morgan fingerprint density at radius 2 is 1.12 bits per heavy atom. The molecule has 0 radical (unpaired) electrons. The fourth-order valence-electron chi connectivity index (χ4n) is 1.10. The Morgan fingerprint density at radius 1 is 0.846 bits per heavy atom. The second-order valence-electron chi connectivity index (χ2n) is 4.15. The summed E-state index contributed by atoms with van der Waals surface area (Å²) in [6.07, 6.45) is -0.733. The van der Waals surface area contributed by atoms with Crippen molar-refractivity contribution in [1.29, 1.82) is 10.8 Å². The van der Waals surface area contributed by atoms with Gasteiger partial charge < -0.3 is 30.3 Å². The molecule has 0 spiro atoms. The normalized spacial score (nSPS) is 14.5. The highest BCUT2D eigenvalue weighted by atomic mass is 32.2. The molecule has 8 N–H and O–H groups in total. The van der Waals surface area contributed by atoms with Crippen LogP contribution in [0.4, 0.5) is 0 Å². The van der Waals surface area contributed by atoms with Crippen molar-refractivity contribution in [2.24, 2.45) is 11.5 Å². The van der Waals surface area contributed by atoms with Crippen LogP contribution in [0.1, 0.15) is 27.7 Å². The molecule has 0 aliphatic heterocycles. The summed E-state index contributed by atoms with van der Waals surface area (Å²) in [4.78, 5) is 18.2. The third-order valence-electron chi connectivity index (χ3n) is 1.93. The van der Waals surface area contributed by atoms with Gasteiger partial charge in [0.15, 0.2) is 10.3 Å². The van der Waals surface area contributed by atoms with Crippen LogP contribution in [0.2, 0.25) is 0 Å². The molecule has 26 heavy (non-hydrogen) atoms. The molecule has 0 aromatic heterocycles. The van der Waals surface area contributed by atoms with Crippen molar-refractivity contribution in [1.82, 2.24) is 0 Å². The highest BCUT2D eigenvalue weighted by Crippen LogP contribution is 2.49. The third-order valence-corrected chi connectivity index (χ3v) is 6.38. The zero-order valence-corrected chi connectivity index (χ0v) is 19.1. The summed E-state index contributed by atoms with van der Waals surface area (Å²) in [5, 5.41) is 13.7. The van der Waals surface area contributed by atoms with Crippen LogP contribution in [0.25, 0.3) is 0 Å². The third kappa shape index (κ3) is 28.7. The van der Waals surface area contributed by atoms with Gasteiger partial charge in [0.25, 0.3) is 0 Å². The summed E-state index contributed by atoms with van der Waals surface area (Å²) >= 11 is 2.69. The number of rotatable bonds is 9. The number of nitrogens with two attached hydrogens (primary N) is 2. The number of amidine groups is 2. The van der Waals surface area contributed by atoms with E-state index in [1.807, 2.05) is 13.8 Å². The van der Waals surface area contributed by atoms with Crippen LogP contribution in [0.3, 0.4) is 0 Å². The van der Waals surface area contributed by atoms with E-state index in [1.54, 1.807) is 13.8 Å². The summed E-state index contributed by atoms with van der Waals surface area (Å²) in [7, 11) is -7.45. The molecule has 2 atom stereocenters. The van der Waals surface area contributed by atoms with Crippen LogP contribution in [0, 0.1) is 10.8 Å². The molecule has 0 aromatic carbocycles. The number of thioether (sulfide) groups is 2. The van der Waals surface area contributed by atoms with Crippen LogP contribution in [0.15, 0.2) is 0 Å². The van der Waals surface area contributed by atoms with E-state index in [0.717, 1.165) is 11.5 Å². The van der Waals surface area contributed by atoms with Crippen molar-refractivity contribution in [3.63, 3.8) is 0 Å². The smallest absolute Gasteiger partial charge is 0.328 e. The van der Waals surface area contributed by atoms with Gasteiger partial charge in [-0.1, -0.05) is 37.4 Å². The molecule has 10 nitrogen and oxygen atoms in total. The molecule has 0 aliphatic rings. The Kier molecular flexibility index (Phi) is 21.6. The van der Waals surface area contributed by atoms with Crippen molar-refractivity contribution >= 4 is 49.1 Å². The topological polar surface area (TPSA) is 193 Å². The van der Waals surface area contributed by atoms with Gasteiger partial charge >= 0.3 is 15.2 Å². The first-order valence-corrected chi connectivity index (χ1v) is 13.2. The summed E-state index contributed by atoms with van der Waals surface area (Å²) in [5.41, 5.74) is 9.90. The molecule has 0 bridgehead atoms. The summed E-state index contributed by atoms with van der Waals surface area (Å²) in [6, 6.07) is 0. The van der Waals surface area contributed by atoms with E-state index in [4.69, 9.17) is 32.1 Å². The monoisotopic (exact) mass is 454 g/mol. The summed E-state index contributed by atoms with van der Waals surface area (Å²) in [5.74, 6) is 1.80. The Bertz CT molecular complexity index is 443. The minimum atomic E-state index is -3.72. The van der Waals surface area contributed by atoms with E-state index >= 15 is 0 Å². The fraction of sp³-hybridized carbons (Fsp3) is 0.833. The predicted octanol–water partition coefficient (Wildman–Crippen LogP) is 2.70. The highest BCUT2D eigenvalue weighted by molar-refractivity contribution is 8.13. The van der Waals surface area contributed by atoms with Gasteiger partial charge in [0.2, 0.25) is 0 Å². The molecule has 0 fully saturated rings. The number of hydrogen-bond acceptors (Lipinski definition) is 8. The maximum atomic E-state index is 11.1. The van der Waals surface area contributed by atoms with Gasteiger partial charge in [0.1, 0.15) is 0 Å². The number of hydrogen-bond donors (Lipinski definition) is 6. The Morgan fingerprint density at radius 3 is 1.23 bits per heavy atom. The van der Waals surface area contributed by atoms with Crippen LogP contribution in [-0.4, -0.2) is 57.2 Å². The first-order chi connectivity index (χ1) is 11.9. The van der Waals surface area contributed by atoms with E-state index in [-0.39, 0.29) is 35.9 Å². The Hall–Kier alpha value is -0.0600. The van der Waals surface area contributed by atoms with E-state index in [1.165, 1.54) is 23.5 Å². The van der Waals surface area contributed by atoms with E-state index < -0.39 is 15.2 Å². The van der Waals surface area contributed by atoms with Crippen LogP contribution in [0.5, 0.6) is 0 Å². The lowest BCUT2D eigenvalue weighted by Gasteiger charge is -2.13. The SMILES string of the molecule is CCOP(=O)(O)CCP(=O)(O)OCC.CCSC(=N)N.CCSC(=N)N. The lowest BCUT2D eigenvalue weighted by Crippen LogP contribution is -2.02. The average molecular weight is 454 g/mol. The van der Waals surface area contributed by atoms with Crippen molar-refractivity contribution in [2.45, 2.75) is 27.7 Å². The maximum absolute atomic E-state index is 11.1. The molecule has 0 saturated carbocycles. The van der Waals surface area contributed by atoms with E-state index in [0.29, 0.717) is 0 Å². The highest BCUT2D eigenvalue weighted by Gasteiger charge is 2.26. The van der Waals surface area contributed by atoms with Crippen LogP contribution in [-0.2, 0) is 18.2 Å². The fourth-order valence-corrected chi connectivity index (χ4v) is 4.81. The Labute approximate surface area is 164 Å². The van der Waals surface area contributed by atoms with Crippen molar-refractivity contribution in [2.75, 3.05) is 37.0 Å². The summed E-state index contributed by atoms with van der Waals surface area (Å²) < 4.78 is 31.3. The van der Waals surface area contributed by atoms with Gasteiger partial charge in [-0.15, -0.1) is 0 Å². The van der Waals surface area contributed by atoms with E-state index in [9.17, 15) is 9.13 Å². The largest absolute Gasteiger partial charge is 0.379 e. The molecule has 0 saturated heterocycles. The Balaban J connectivity index is -0.000000364. The second kappa shape index (κ2) is 18.3. The molecule has 2 unspecified atom stereocenters. The number of nitrogens with one attached hydrogen (secondary N) is 2. The molecule has 0 heterocycles. The minimum absolute atomic E-state index is 0.0954. The first kappa shape index (κ1) is 30.7. The van der Waals surface area contributed by atoms with E-state index in [2.05, 4.69) is 9.05 Å². The van der Waals surface area contributed by atoms with Crippen molar-refractivity contribution in [3.05, 3.63) is 0 Å². The molecule has 0 amide bonds. The average Bonchev–Trinajstić information content (AvgIpc) is 2.46. The standard InChI is InChI=1S/C6H16O6P2.2C3H8N2S/c1-3-11-13(7,8)5-6-14(9,10)12-4-2;2*1-2-6-3(4)5/h3-6H2,1-2H3,(H,7,8)(H,9,10);2*2H2,1H3,(H3,4,5). The second-order valence-corrected chi connectivity index (χ2v) is 10.7. The van der Waals surface area contributed by atoms with Crippen LogP contribution >= 0.6 is 38.7 Å².